The van der Waals surface area contributed by atoms with Crippen LogP contribution in [0.15, 0.2) is 54.7 Å². The molecule has 0 saturated heterocycles. The van der Waals surface area contributed by atoms with Crippen LogP contribution < -0.4 is 25.9 Å². The number of benzene rings is 2. The number of carbonyl (C=O) groups is 2. The molecular weight excluding hydrogens is 531 g/mol. The molecule has 2 aromatic carbocycles. The van der Waals surface area contributed by atoms with Crippen LogP contribution in [0.3, 0.4) is 0 Å². The maximum Gasteiger partial charge on any atom is 0.293 e. The second kappa shape index (κ2) is 13.9. The second-order valence-corrected chi connectivity index (χ2v) is 8.21. The van der Waals surface area contributed by atoms with Crippen LogP contribution in [0.1, 0.15) is 46.6 Å². The van der Waals surface area contributed by atoms with Crippen molar-refractivity contribution >= 4 is 35.7 Å². The van der Waals surface area contributed by atoms with Crippen molar-refractivity contribution in [3.8, 4) is 11.5 Å². The summed E-state index contributed by atoms with van der Waals surface area (Å²) in [6.45, 7) is 3.71. The van der Waals surface area contributed by atoms with Gasteiger partial charge in [0.2, 0.25) is 0 Å². The van der Waals surface area contributed by atoms with Gasteiger partial charge in [0.1, 0.15) is 23.3 Å². The lowest BCUT2D eigenvalue weighted by Crippen LogP contribution is -2.47. The van der Waals surface area contributed by atoms with Crippen molar-refractivity contribution < 1.29 is 28.7 Å². The Morgan fingerprint density at radius 2 is 1.92 bits per heavy atom. The summed E-state index contributed by atoms with van der Waals surface area (Å²) in [5.74, 6) is -2.92. The maximum atomic E-state index is 15.6. The lowest BCUT2D eigenvalue weighted by Gasteiger charge is -2.25. The molecule has 6 N–H and O–H groups in total. The van der Waals surface area contributed by atoms with Crippen LogP contribution in [0, 0.1) is 18.2 Å². The largest absolute Gasteiger partial charge is 0.497 e. The minimum atomic E-state index is -1.55. The van der Waals surface area contributed by atoms with E-state index >= 15 is 4.39 Å². The van der Waals surface area contributed by atoms with Crippen molar-refractivity contribution in [3.63, 3.8) is 0 Å². The first-order valence-electron chi connectivity index (χ1n) is 11.6. The number of anilines is 1. The number of pyridine rings is 1. The second-order valence-electron chi connectivity index (χ2n) is 8.21. The number of hydrogen-bond donors (Lipinski definition) is 5. The number of hydrogen-bond acceptors (Lipinski definition) is 8. The summed E-state index contributed by atoms with van der Waals surface area (Å²) in [4.78, 5) is 30.0. The van der Waals surface area contributed by atoms with Crippen molar-refractivity contribution in [2.75, 3.05) is 19.0 Å². The Balaban J connectivity index is 0.00000533. The summed E-state index contributed by atoms with van der Waals surface area (Å²) in [7, 11) is 1.37. The van der Waals surface area contributed by atoms with Crippen molar-refractivity contribution in [1.29, 1.82) is 5.41 Å². The van der Waals surface area contributed by atoms with E-state index in [2.05, 4.69) is 15.7 Å². The zero-order valence-electron chi connectivity index (χ0n) is 21.5. The first kappa shape index (κ1) is 30.8. The van der Waals surface area contributed by atoms with Gasteiger partial charge in [-0.2, -0.15) is 0 Å². The van der Waals surface area contributed by atoms with Crippen LogP contribution >= 0.6 is 12.4 Å². The third-order valence-corrected chi connectivity index (χ3v) is 5.44. The number of amides is 2. The number of rotatable bonds is 10. The number of nitrogens with two attached hydrogens (primary N) is 1. The number of amidine groups is 1. The molecule has 13 heteroatoms. The lowest BCUT2D eigenvalue weighted by molar-refractivity contribution is -0.176. The van der Waals surface area contributed by atoms with E-state index in [4.69, 9.17) is 20.6 Å². The van der Waals surface area contributed by atoms with E-state index in [1.54, 1.807) is 19.1 Å². The molecule has 0 bridgehead atoms. The summed E-state index contributed by atoms with van der Waals surface area (Å²) in [5.41, 5.74) is 8.64. The number of nitrogen functional groups attached to an aromatic ring is 1. The fourth-order valence-electron chi connectivity index (χ4n) is 3.47. The Bertz CT molecular complexity index is 1320. The average Bonchev–Trinajstić information content (AvgIpc) is 2.91. The molecule has 3 rings (SSSR count). The van der Waals surface area contributed by atoms with Gasteiger partial charge in [-0.05, 0) is 55.3 Å². The van der Waals surface area contributed by atoms with Crippen molar-refractivity contribution in [1.82, 2.24) is 15.6 Å². The Kier molecular flexibility index (Phi) is 11.0. The molecule has 1 heterocycles. The van der Waals surface area contributed by atoms with Gasteiger partial charge in [-0.15, -0.1) is 17.6 Å². The number of hydrazine groups is 1. The molecule has 0 fully saturated rings. The summed E-state index contributed by atoms with van der Waals surface area (Å²) >= 11 is 0. The predicted octanol–water partition coefficient (Wildman–Crippen LogP) is 3.75. The number of nitrogens with zero attached hydrogens (tertiary/aromatic N) is 2. The van der Waals surface area contributed by atoms with Gasteiger partial charge in [-0.1, -0.05) is 13.0 Å². The third kappa shape index (κ3) is 7.55. The number of hydroxylamine groups is 1. The van der Waals surface area contributed by atoms with E-state index < -0.39 is 23.7 Å². The normalized spacial score (nSPS) is 11.0. The average molecular weight is 561 g/mol. The van der Waals surface area contributed by atoms with E-state index in [0.29, 0.717) is 23.2 Å². The predicted molar refractivity (Wildman–Crippen MR) is 145 cm³/mol. The highest BCUT2D eigenvalue weighted by Gasteiger charge is 2.32. The van der Waals surface area contributed by atoms with Gasteiger partial charge in [-0.25, -0.2) is 9.82 Å². The van der Waals surface area contributed by atoms with Crippen LogP contribution in [0.4, 0.5) is 10.1 Å². The molecule has 208 valence electrons. The minimum Gasteiger partial charge on any atom is -0.497 e. The number of nitrogens with one attached hydrogen (secondary N) is 3. The molecular formula is C26H30ClFN6O5. The number of ether oxygens (including phenoxy) is 2. The molecule has 0 aliphatic carbocycles. The quantitative estimate of drug-likeness (QED) is 0.108. The number of halogens is 2. The van der Waals surface area contributed by atoms with Crippen LogP contribution in [-0.2, 0) is 4.79 Å². The molecule has 11 nitrogen and oxygen atoms in total. The molecule has 39 heavy (non-hydrogen) atoms. The molecule has 3 aromatic rings. The molecule has 1 unspecified atom stereocenters. The van der Waals surface area contributed by atoms with Gasteiger partial charge >= 0.3 is 0 Å². The third-order valence-electron chi connectivity index (χ3n) is 5.44. The molecule has 0 aliphatic heterocycles. The highest BCUT2D eigenvalue weighted by Crippen LogP contribution is 2.33. The van der Waals surface area contributed by atoms with E-state index in [9.17, 15) is 14.8 Å². The molecule has 2 amide bonds. The minimum absolute atomic E-state index is 0. The van der Waals surface area contributed by atoms with Crippen LogP contribution in [0.25, 0.3) is 0 Å². The number of aromatic nitrogens is 1. The molecule has 0 spiro atoms. The summed E-state index contributed by atoms with van der Waals surface area (Å²) in [6.07, 6.45) is 2.00. The Hall–Kier alpha value is -4.42. The van der Waals surface area contributed by atoms with Crippen LogP contribution in [-0.4, -0.2) is 46.7 Å². The van der Waals surface area contributed by atoms with E-state index in [0.717, 1.165) is 0 Å². The highest BCUT2D eigenvalue weighted by atomic mass is 35.5. The Morgan fingerprint density at radius 3 is 2.51 bits per heavy atom. The Morgan fingerprint density at radius 1 is 1.23 bits per heavy atom. The van der Waals surface area contributed by atoms with Crippen LogP contribution in [0.5, 0.6) is 11.5 Å². The SMILES string of the molecule is CCCOc1cc(OC)cc(C(Nc2ccc(C(=N)N)cc2)C(=O)N(O)NC(=O)c2ncccc2C)c1F.Cl. The van der Waals surface area contributed by atoms with Gasteiger partial charge < -0.3 is 20.5 Å². The molecule has 1 atom stereocenters. The number of methoxy groups -OCH3 is 1. The monoisotopic (exact) mass is 560 g/mol. The highest BCUT2D eigenvalue weighted by molar-refractivity contribution is 5.96. The van der Waals surface area contributed by atoms with Gasteiger partial charge in [0.05, 0.1) is 13.7 Å². The van der Waals surface area contributed by atoms with Gasteiger partial charge in [0.25, 0.3) is 11.8 Å². The van der Waals surface area contributed by atoms with Gasteiger partial charge in [0, 0.05) is 29.1 Å². The molecule has 1 aromatic heterocycles. The van der Waals surface area contributed by atoms with Gasteiger partial charge in [-0.3, -0.25) is 25.2 Å². The summed E-state index contributed by atoms with van der Waals surface area (Å²) < 4.78 is 26.4. The van der Waals surface area contributed by atoms with Crippen LogP contribution in [0.2, 0.25) is 0 Å². The van der Waals surface area contributed by atoms with Crippen molar-refractivity contribution in [2.24, 2.45) is 5.73 Å². The van der Waals surface area contributed by atoms with Crippen molar-refractivity contribution in [2.45, 2.75) is 26.3 Å². The summed E-state index contributed by atoms with van der Waals surface area (Å²) in [6, 6.07) is 10.5. The molecule has 0 radical (unpaired) electrons. The molecule has 0 saturated carbocycles. The fourth-order valence-corrected chi connectivity index (χ4v) is 3.47. The van der Waals surface area contributed by atoms with Crippen molar-refractivity contribution in [3.05, 3.63) is 82.9 Å². The van der Waals surface area contributed by atoms with E-state index in [-0.39, 0.29) is 52.8 Å². The van der Waals surface area contributed by atoms with Gasteiger partial charge in [0.15, 0.2) is 11.6 Å². The first-order chi connectivity index (χ1) is 18.2. The first-order valence-corrected chi connectivity index (χ1v) is 11.6. The maximum absolute atomic E-state index is 15.6. The fraction of sp³-hybridized carbons (Fsp3) is 0.231. The Labute approximate surface area is 231 Å². The molecule has 0 aliphatic rings. The zero-order valence-corrected chi connectivity index (χ0v) is 22.3. The topological polar surface area (TPSA) is 163 Å². The lowest BCUT2D eigenvalue weighted by atomic mass is 10.0. The van der Waals surface area contributed by atoms with E-state index in [1.165, 1.54) is 49.7 Å². The number of aryl methyl sites for hydroxylation is 1. The number of carbonyl (C=O) groups excluding carboxylic acids is 2. The zero-order chi connectivity index (χ0) is 27.8. The van der Waals surface area contributed by atoms with E-state index in [1.807, 2.05) is 6.92 Å². The summed E-state index contributed by atoms with van der Waals surface area (Å²) in [5, 5.41) is 20.9. The standard InChI is InChI=1S/C26H29FN6O5.ClH/c1-4-12-38-20-14-18(37-3)13-19(21(20)27)23(31-17-9-7-16(8-10-17)24(28)29)26(35)33(36)32-25(34)22-15(2)6-5-11-30-22;/h5-11,13-14,23,31,36H,4,12H2,1-3H3,(H3,28,29)(H,32,34);1H. The smallest absolute Gasteiger partial charge is 0.293 e.